The Morgan fingerprint density at radius 1 is 1.39 bits per heavy atom. The smallest absolute Gasteiger partial charge is 0.303 e. The Bertz CT molecular complexity index is 486. The van der Waals surface area contributed by atoms with E-state index < -0.39 is 0 Å². The predicted molar refractivity (Wildman–Crippen MR) is 73.2 cm³/mol. The highest BCUT2D eigenvalue weighted by atomic mass is 16.5. The third-order valence-corrected chi connectivity index (χ3v) is 3.31. The molecule has 1 unspecified atom stereocenters. The standard InChI is InChI=1S/C16H20O2/c1-4-5-6-13-10-16(18-12(3)17)14-8-7-11(2)9-15(13)14/h7-10,16H,4-6H2,1-3H3. The molecule has 1 aliphatic rings. The first-order valence-electron chi connectivity index (χ1n) is 6.60. The lowest BCUT2D eigenvalue weighted by Crippen LogP contribution is -2.04. The predicted octanol–water partition coefficient (Wildman–Crippen LogP) is 4.19. The number of carbonyl (C=O) groups excluding carboxylic acids is 1. The van der Waals surface area contributed by atoms with Crippen LogP contribution in [0.5, 0.6) is 0 Å². The Hall–Kier alpha value is -1.57. The molecule has 18 heavy (non-hydrogen) atoms. The molecule has 0 saturated heterocycles. The van der Waals surface area contributed by atoms with E-state index >= 15 is 0 Å². The Kier molecular flexibility index (Phi) is 3.85. The first kappa shape index (κ1) is 12.9. The third kappa shape index (κ3) is 2.63. The van der Waals surface area contributed by atoms with Gasteiger partial charge < -0.3 is 4.74 Å². The normalized spacial score (nSPS) is 17.3. The van der Waals surface area contributed by atoms with Crippen molar-refractivity contribution < 1.29 is 9.53 Å². The number of carbonyl (C=O) groups is 1. The first-order chi connectivity index (χ1) is 8.61. The van der Waals surface area contributed by atoms with Crippen molar-refractivity contribution in [2.45, 2.75) is 46.1 Å². The van der Waals surface area contributed by atoms with Crippen LogP contribution in [0.2, 0.25) is 0 Å². The SMILES string of the molecule is CCCCC1=CC(OC(C)=O)c2ccc(C)cc21. The number of rotatable bonds is 4. The molecule has 0 aliphatic heterocycles. The lowest BCUT2D eigenvalue weighted by molar-refractivity contribution is -0.144. The van der Waals surface area contributed by atoms with Gasteiger partial charge in [0.15, 0.2) is 0 Å². The molecule has 2 nitrogen and oxygen atoms in total. The van der Waals surface area contributed by atoms with Gasteiger partial charge in [-0.2, -0.15) is 0 Å². The lowest BCUT2D eigenvalue weighted by atomic mass is 9.99. The fourth-order valence-corrected chi connectivity index (χ4v) is 2.42. The Morgan fingerprint density at radius 2 is 2.17 bits per heavy atom. The maximum Gasteiger partial charge on any atom is 0.303 e. The summed E-state index contributed by atoms with van der Waals surface area (Å²) in [6.07, 6.45) is 5.32. The van der Waals surface area contributed by atoms with Gasteiger partial charge in [-0.25, -0.2) is 0 Å². The van der Waals surface area contributed by atoms with Crippen molar-refractivity contribution in [2.75, 3.05) is 0 Å². The summed E-state index contributed by atoms with van der Waals surface area (Å²) in [7, 11) is 0. The van der Waals surface area contributed by atoms with E-state index in [9.17, 15) is 4.79 Å². The van der Waals surface area contributed by atoms with Crippen LogP contribution in [0.15, 0.2) is 24.3 Å². The second-order valence-electron chi connectivity index (χ2n) is 4.92. The van der Waals surface area contributed by atoms with Gasteiger partial charge in [0.05, 0.1) is 0 Å². The summed E-state index contributed by atoms with van der Waals surface area (Å²) >= 11 is 0. The maximum atomic E-state index is 11.1. The van der Waals surface area contributed by atoms with Crippen LogP contribution in [0.1, 0.15) is 55.9 Å². The van der Waals surface area contributed by atoms with Crippen molar-refractivity contribution in [2.24, 2.45) is 0 Å². The number of ether oxygens (including phenoxy) is 1. The molecule has 0 N–H and O–H groups in total. The molecule has 0 fully saturated rings. The highest BCUT2D eigenvalue weighted by Gasteiger charge is 2.24. The van der Waals surface area contributed by atoms with E-state index in [0.29, 0.717) is 0 Å². The zero-order valence-corrected chi connectivity index (χ0v) is 11.3. The molecule has 0 amide bonds. The van der Waals surface area contributed by atoms with E-state index in [0.717, 1.165) is 12.0 Å². The van der Waals surface area contributed by atoms with Gasteiger partial charge in [-0.15, -0.1) is 0 Å². The zero-order chi connectivity index (χ0) is 13.1. The van der Waals surface area contributed by atoms with Crippen LogP contribution in [0.4, 0.5) is 0 Å². The molecule has 0 aromatic heterocycles. The summed E-state index contributed by atoms with van der Waals surface area (Å²) < 4.78 is 5.37. The number of fused-ring (bicyclic) bond motifs is 1. The molecular weight excluding hydrogens is 224 g/mol. The fourth-order valence-electron chi connectivity index (χ4n) is 2.42. The van der Waals surface area contributed by atoms with E-state index in [-0.39, 0.29) is 12.1 Å². The van der Waals surface area contributed by atoms with E-state index in [2.05, 4.69) is 38.1 Å². The second-order valence-corrected chi connectivity index (χ2v) is 4.92. The van der Waals surface area contributed by atoms with Crippen molar-refractivity contribution in [1.82, 2.24) is 0 Å². The average molecular weight is 244 g/mol. The molecule has 0 spiro atoms. The van der Waals surface area contributed by atoms with Crippen molar-refractivity contribution in [3.63, 3.8) is 0 Å². The minimum Gasteiger partial charge on any atom is -0.453 e. The second kappa shape index (κ2) is 5.38. The molecule has 1 aromatic rings. The molecule has 2 rings (SSSR count). The van der Waals surface area contributed by atoms with Crippen molar-refractivity contribution >= 4 is 11.5 Å². The van der Waals surface area contributed by atoms with Gasteiger partial charge in [-0.3, -0.25) is 4.79 Å². The van der Waals surface area contributed by atoms with Crippen LogP contribution < -0.4 is 0 Å². The molecule has 0 heterocycles. The highest BCUT2D eigenvalue weighted by molar-refractivity contribution is 5.76. The molecule has 0 radical (unpaired) electrons. The van der Waals surface area contributed by atoms with Crippen molar-refractivity contribution in [3.8, 4) is 0 Å². The van der Waals surface area contributed by atoms with Crippen LogP contribution in [-0.4, -0.2) is 5.97 Å². The van der Waals surface area contributed by atoms with Gasteiger partial charge in [0, 0.05) is 12.5 Å². The monoisotopic (exact) mass is 244 g/mol. The van der Waals surface area contributed by atoms with Gasteiger partial charge in [0.25, 0.3) is 0 Å². The van der Waals surface area contributed by atoms with Crippen LogP contribution >= 0.6 is 0 Å². The minimum atomic E-state index is -0.223. The van der Waals surface area contributed by atoms with Gasteiger partial charge in [-0.1, -0.05) is 37.1 Å². The molecule has 2 heteroatoms. The van der Waals surface area contributed by atoms with Crippen molar-refractivity contribution in [1.29, 1.82) is 0 Å². The summed E-state index contributed by atoms with van der Waals surface area (Å²) in [5, 5.41) is 0. The topological polar surface area (TPSA) is 26.3 Å². The number of hydrogen-bond acceptors (Lipinski definition) is 2. The summed E-state index contributed by atoms with van der Waals surface area (Å²) in [4.78, 5) is 11.1. The molecule has 1 aromatic carbocycles. The molecule has 0 saturated carbocycles. The number of hydrogen-bond donors (Lipinski definition) is 0. The summed E-state index contributed by atoms with van der Waals surface area (Å²) in [6.45, 7) is 5.75. The van der Waals surface area contributed by atoms with E-state index in [4.69, 9.17) is 4.74 Å². The van der Waals surface area contributed by atoms with Gasteiger partial charge in [-0.05, 0) is 37.0 Å². The van der Waals surface area contributed by atoms with Crippen LogP contribution in [0, 0.1) is 6.92 Å². The highest BCUT2D eigenvalue weighted by Crippen LogP contribution is 2.39. The number of aryl methyl sites for hydroxylation is 1. The Balaban J connectivity index is 2.31. The van der Waals surface area contributed by atoms with Gasteiger partial charge >= 0.3 is 5.97 Å². The van der Waals surface area contributed by atoms with Gasteiger partial charge in [0.2, 0.25) is 0 Å². The number of allylic oxidation sites excluding steroid dienone is 1. The van der Waals surface area contributed by atoms with Gasteiger partial charge in [0.1, 0.15) is 6.10 Å². The average Bonchev–Trinajstić information content (AvgIpc) is 2.63. The molecule has 1 aliphatic carbocycles. The maximum absolute atomic E-state index is 11.1. The molecular formula is C16H20O2. The molecule has 96 valence electrons. The Labute approximate surface area is 109 Å². The first-order valence-corrected chi connectivity index (χ1v) is 6.60. The minimum absolute atomic E-state index is 0.190. The third-order valence-electron chi connectivity index (χ3n) is 3.31. The molecule has 0 bridgehead atoms. The zero-order valence-electron chi connectivity index (χ0n) is 11.3. The summed E-state index contributed by atoms with van der Waals surface area (Å²) in [5.74, 6) is -0.223. The fraction of sp³-hybridized carbons (Fsp3) is 0.438. The lowest BCUT2D eigenvalue weighted by Gasteiger charge is -2.11. The van der Waals surface area contributed by atoms with E-state index in [1.165, 1.54) is 36.5 Å². The number of esters is 1. The number of unbranched alkanes of at least 4 members (excludes halogenated alkanes) is 1. The quantitative estimate of drug-likeness (QED) is 0.742. The van der Waals surface area contributed by atoms with Crippen LogP contribution in [0.3, 0.4) is 0 Å². The number of benzene rings is 1. The van der Waals surface area contributed by atoms with E-state index in [1.807, 2.05) is 0 Å². The Morgan fingerprint density at radius 3 is 2.83 bits per heavy atom. The molecule has 1 atom stereocenters. The summed E-state index contributed by atoms with van der Waals surface area (Å²) in [5.41, 5.74) is 4.96. The largest absolute Gasteiger partial charge is 0.453 e. The van der Waals surface area contributed by atoms with Crippen LogP contribution in [-0.2, 0) is 9.53 Å². The van der Waals surface area contributed by atoms with Crippen LogP contribution in [0.25, 0.3) is 5.57 Å². The van der Waals surface area contributed by atoms with E-state index in [1.54, 1.807) is 0 Å². The summed E-state index contributed by atoms with van der Waals surface area (Å²) in [6, 6.07) is 6.35. The van der Waals surface area contributed by atoms with Crippen molar-refractivity contribution in [3.05, 3.63) is 41.0 Å².